The lowest BCUT2D eigenvalue weighted by Gasteiger charge is -2.20. The van der Waals surface area contributed by atoms with E-state index in [0.717, 1.165) is 0 Å². The molecule has 0 heterocycles. The second kappa shape index (κ2) is 6.27. The van der Waals surface area contributed by atoms with Crippen LogP contribution in [0.3, 0.4) is 0 Å². The van der Waals surface area contributed by atoms with Crippen molar-refractivity contribution in [3.63, 3.8) is 0 Å². The number of carbonyl (C=O) groups is 2. The van der Waals surface area contributed by atoms with Gasteiger partial charge in [-0.3, -0.25) is 4.79 Å². The van der Waals surface area contributed by atoms with E-state index in [1.807, 2.05) is 20.8 Å². The van der Waals surface area contributed by atoms with Gasteiger partial charge in [0.15, 0.2) is 0 Å². The number of amides is 1. The fourth-order valence-electron chi connectivity index (χ4n) is 0.998. The maximum atomic E-state index is 11.3. The van der Waals surface area contributed by atoms with Gasteiger partial charge in [-0.1, -0.05) is 6.58 Å². The molecule has 16 heavy (non-hydrogen) atoms. The molecule has 1 amide bonds. The molecule has 5 nitrogen and oxygen atoms in total. The third-order valence-electron chi connectivity index (χ3n) is 1.68. The molecule has 0 aromatic rings. The highest BCUT2D eigenvalue weighted by molar-refractivity contribution is 5.86. The van der Waals surface area contributed by atoms with Crippen LogP contribution < -0.4 is 10.6 Å². The van der Waals surface area contributed by atoms with Crippen molar-refractivity contribution in [3.8, 4) is 0 Å². The first kappa shape index (κ1) is 14.6. The van der Waals surface area contributed by atoms with Crippen molar-refractivity contribution in [2.45, 2.75) is 32.7 Å². The number of hydrogen-bond donors (Lipinski definition) is 3. The van der Waals surface area contributed by atoms with Gasteiger partial charge in [-0.15, -0.1) is 0 Å². The number of aliphatic carboxylic acids is 1. The van der Waals surface area contributed by atoms with Gasteiger partial charge in [-0.25, -0.2) is 4.79 Å². The van der Waals surface area contributed by atoms with Crippen molar-refractivity contribution in [2.24, 2.45) is 0 Å². The molecule has 0 radical (unpaired) electrons. The summed E-state index contributed by atoms with van der Waals surface area (Å²) in [6.45, 7) is 9.72. The summed E-state index contributed by atoms with van der Waals surface area (Å²) in [5, 5.41) is 14.2. The molecule has 0 atom stereocenters. The molecule has 0 saturated carbocycles. The first-order chi connectivity index (χ1) is 7.22. The van der Waals surface area contributed by atoms with Crippen LogP contribution in [0.4, 0.5) is 0 Å². The minimum atomic E-state index is -1.02. The van der Waals surface area contributed by atoms with Crippen LogP contribution in [0, 0.1) is 0 Å². The SMILES string of the molecule is C=C(CNCCC(=O)NC(C)(C)C)C(=O)O. The highest BCUT2D eigenvalue weighted by Crippen LogP contribution is 1.98. The lowest BCUT2D eigenvalue weighted by molar-refractivity contribution is -0.132. The van der Waals surface area contributed by atoms with Gasteiger partial charge in [0.2, 0.25) is 5.91 Å². The minimum Gasteiger partial charge on any atom is -0.478 e. The van der Waals surface area contributed by atoms with Gasteiger partial charge >= 0.3 is 5.97 Å². The monoisotopic (exact) mass is 228 g/mol. The summed E-state index contributed by atoms with van der Waals surface area (Å²) in [5.74, 6) is -1.08. The van der Waals surface area contributed by atoms with Crippen molar-refractivity contribution in [1.82, 2.24) is 10.6 Å². The van der Waals surface area contributed by atoms with Crippen molar-refractivity contribution < 1.29 is 14.7 Å². The van der Waals surface area contributed by atoms with E-state index in [0.29, 0.717) is 13.0 Å². The predicted octanol–water partition coefficient (Wildman–Crippen LogP) is 0.522. The Morgan fingerprint density at radius 1 is 1.31 bits per heavy atom. The van der Waals surface area contributed by atoms with Crippen LogP contribution in [0.2, 0.25) is 0 Å². The van der Waals surface area contributed by atoms with Gasteiger partial charge in [-0.05, 0) is 20.8 Å². The minimum absolute atomic E-state index is 0.0547. The number of carboxylic acid groups (broad SMARTS) is 1. The van der Waals surface area contributed by atoms with E-state index in [4.69, 9.17) is 5.11 Å². The van der Waals surface area contributed by atoms with E-state index >= 15 is 0 Å². The van der Waals surface area contributed by atoms with Crippen molar-refractivity contribution in [1.29, 1.82) is 0 Å². The molecular weight excluding hydrogens is 208 g/mol. The van der Waals surface area contributed by atoms with E-state index in [-0.39, 0.29) is 23.6 Å². The Bertz CT molecular complexity index is 279. The zero-order valence-corrected chi connectivity index (χ0v) is 10.1. The summed E-state index contributed by atoms with van der Waals surface area (Å²) in [5.41, 5.74) is -0.141. The first-order valence-electron chi connectivity index (χ1n) is 5.15. The number of carboxylic acids is 1. The molecule has 0 aromatic heterocycles. The van der Waals surface area contributed by atoms with Crippen LogP contribution in [0.1, 0.15) is 27.2 Å². The van der Waals surface area contributed by atoms with Crippen LogP contribution in [-0.2, 0) is 9.59 Å². The average molecular weight is 228 g/mol. The molecule has 0 rings (SSSR count). The Balaban J connectivity index is 3.64. The Kier molecular flexibility index (Phi) is 5.74. The third kappa shape index (κ3) is 7.99. The molecule has 0 aromatic carbocycles. The lowest BCUT2D eigenvalue weighted by atomic mass is 10.1. The Morgan fingerprint density at radius 2 is 1.88 bits per heavy atom. The normalized spacial score (nSPS) is 10.9. The van der Waals surface area contributed by atoms with Gasteiger partial charge in [0.05, 0.1) is 0 Å². The fourth-order valence-corrected chi connectivity index (χ4v) is 0.998. The maximum absolute atomic E-state index is 11.3. The highest BCUT2D eigenvalue weighted by Gasteiger charge is 2.13. The molecule has 3 N–H and O–H groups in total. The summed E-state index contributed by atoms with van der Waals surface area (Å²) < 4.78 is 0. The van der Waals surface area contributed by atoms with Gasteiger partial charge in [0.1, 0.15) is 0 Å². The smallest absolute Gasteiger partial charge is 0.332 e. The van der Waals surface area contributed by atoms with Crippen LogP contribution in [0.5, 0.6) is 0 Å². The van der Waals surface area contributed by atoms with Gasteiger partial charge in [0.25, 0.3) is 0 Å². The van der Waals surface area contributed by atoms with Crippen molar-refractivity contribution >= 4 is 11.9 Å². The van der Waals surface area contributed by atoms with Gasteiger partial charge < -0.3 is 15.7 Å². The number of rotatable bonds is 6. The zero-order chi connectivity index (χ0) is 12.8. The lowest BCUT2D eigenvalue weighted by Crippen LogP contribution is -2.41. The quantitative estimate of drug-likeness (QED) is 0.457. The number of carbonyl (C=O) groups excluding carboxylic acids is 1. The van der Waals surface area contributed by atoms with Crippen LogP contribution >= 0.6 is 0 Å². The summed E-state index contributed by atoms with van der Waals surface area (Å²) in [6.07, 6.45) is 0.324. The fraction of sp³-hybridized carbons (Fsp3) is 0.636. The topological polar surface area (TPSA) is 78.4 Å². The molecule has 0 fully saturated rings. The Morgan fingerprint density at radius 3 is 2.31 bits per heavy atom. The molecule has 0 aliphatic rings. The Hall–Kier alpha value is -1.36. The molecule has 0 unspecified atom stereocenters. The molecular formula is C11H20N2O3. The van der Waals surface area contributed by atoms with Gasteiger partial charge in [-0.2, -0.15) is 0 Å². The van der Waals surface area contributed by atoms with Crippen LogP contribution in [0.25, 0.3) is 0 Å². The molecule has 0 bridgehead atoms. The molecule has 0 aliphatic heterocycles. The van der Waals surface area contributed by atoms with E-state index in [1.54, 1.807) is 0 Å². The number of nitrogens with one attached hydrogen (secondary N) is 2. The summed E-state index contributed by atoms with van der Waals surface area (Å²) in [4.78, 5) is 21.7. The highest BCUT2D eigenvalue weighted by atomic mass is 16.4. The molecule has 5 heteroatoms. The van der Waals surface area contributed by atoms with Gasteiger partial charge in [0, 0.05) is 30.6 Å². The molecule has 0 saturated heterocycles. The standard InChI is InChI=1S/C11H20N2O3/c1-8(10(15)16)7-12-6-5-9(14)13-11(2,3)4/h12H,1,5-7H2,2-4H3,(H,13,14)(H,15,16). The van der Waals surface area contributed by atoms with Crippen molar-refractivity contribution in [2.75, 3.05) is 13.1 Å². The van der Waals surface area contributed by atoms with E-state index < -0.39 is 5.97 Å². The van der Waals surface area contributed by atoms with E-state index in [9.17, 15) is 9.59 Å². The molecule has 0 aliphatic carbocycles. The first-order valence-corrected chi connectivity index (χ1v) is 5.15. The second-order valence-electron chi connectivity index (χ2n) is 4.63. The van der Waals surface area contributed by atoms with E-state index in [1.165, 1.54) is 0 Å². The maximum Gasteiger partial charge on any atom is 0.332 e. The second-order valence-corrected chi connectivity index (χ2v) is 4.63. The largest absolute Gasteiger partial charge is 0.478 e. The van der Waals surface area contributed by atoms with Crippen LogP contribution in [0.15, 0.2) is 12.2 Å². The van der Waals surface area contributed by atoms with Crippen LogP contribution in [-0.4, -0.2) is 35.6 Å². The molecule has 92 valence electrons. The molecule has 0 spiro atoms. The predicted molar refractivity (Wildman–Crippen MR) is 62.2 cm³/mol. The summed E-state index contributed by atoms with van der Waals surface area (Å²) >= 11 is 0. The summed E-state index contributed by atoms with van der Waals surface area (Å²) in [6, 6.07) is 0. The zero-order valence-electron chi connectivity index (χ0n) is 10.1. The average Bonchev–Trinajstić information content (AvgIpc) is 2.08. The number of hydrogen-bond acceptors (Lipinski definition) is 3. The third-order valence-corrected chi connectivity index (χ3v) is 1.68. The van der Waals surface area contributed by atoms with E-state index in [2.05, 4.69) is 17.2 Å². The Labute approximate surface area is 95.9 Å². The summed E-state index contributed by atoms with van der Waals surface area (Å²) in [7, 11) is 0. The van der Waals surface area contributed by atoms with Crippen molar-refractivity contribution in [3.05, 3.63) is 12.2 Å².